The summed E-state index contributed by atoms with van der Waals surface area (Å²) in [7, 11) is -3.83. The number of sulfone groups is 1. The molecule has 0 radical (unpaired) electrons. The summed E-state index contributed by atoms with van der Waals surface area (Å²) in [5, 5.41) is 3.25. The fraction of sp³-hybridized carbons (Fsp3) is 0.429. The fourth-order valence-corrected chi connectivity index (χ4v) is 7.05. The second kappa shape index (κ2) is 6.54. The number of hydrogen-bond donors (Lipinski definition) is 1. The van der Waals surface area contributed by atoms with Crippen LogP contribution in [0.25, 0.3) is 0 Å². The molecule has 3 atom stereocenters. The average Bonchev–Trinajstić information content (AvgIpc) is 3.13. The Bertz CT molecular complexity index is 1030. The molecular weight excluding hydrogens is 406 g/mol. The summed E-state index contributed by atoms with van der Waals surface area (Å²) in [6.45, 7) is 0.981. The molecule has 1 N–H and O–H groups in total. The number of fused-ring (bicyclic) bond motifs is 3. The number of benzene rings is 2. The van der Waals surface area contributed by atoms with Crippen molar-refractivity contribution in [3.05, 3.63) is 65.2 Å². The monoisotopic (exact) mass is 427 g/mol. The summed E-state index contributed by atoms with van der Waals surface area (Å²) in [6.07, 6.45) is -3.90. The lowest BCUT2D eigenvalue weighted by Crippen LogP contribution is -2.49. The molecule has 8 heteroatoms. The van der Waals surface area contributed by atoms with Gasteiger partial charge in [-0.2, -0.15) is 13.2 Å². The maximum atomic E-state index is 14.5. The summed E-state index contributed by atoms with van der Waals surface area (Å²) >= 11 is 0. The first-order valence-corrected chi connectivity index (χ1v) is 10.9. The van der Waals surface area contributed by atoms with Gasteiger partial charge in [0, 0.05) is 6.04 Å². The zero-order chi connectivity index (χ0) is 21.1. The Morgan fingerprint density at radius 1 is 1.07 bits per heavy atom. The lowest BCUT2D eigenvalue weighted by molar-refractivity contribution is -0.228. The molecule has 4 rings (SSSR count). The zero-order valence-electron chi connectivity index (χ0n) is 15.8. The summed E-state index contributed by atoms with van der Waals surface area (Å²) in [6, 6.07) is 11.4. The van der Waals surface area contributed by atoms with E-state index in [0.717, 1.165) is 6.07 Å². The first kappa shape index (κ1) is 20.3. The van der Waals surface area contributed by atoms with E-state index in [0.29, 0.717) is 43.9 Å². The normalized spacial score (nSPS) is 26.4. The number of hydrogen-bond acceptors (Lipinski definition) is 3. The van der Waals surface area contributed by atoms with Crippen LogP contribution in [0.5, 0.6) is 0 Å². The van der Waals surface area contributed by atoms with Crippen molar-refractivity contribution >= 4 is 9.84 Å². The average molecular weight is 427 g/mol. The van der Waals surface area contributed by atoms with Crippen molar-refractivity contribution in [1.82, 2.24) is 5.32 Å². The molecule has 2 aliphatic rings. The molecule has 1 fully saturated rings. The summed E-state index contributed by atoms with van der Waals surface area (Å²) in [5.74, 6) is 0. The van der Waals surface area contributed by atoms with Gasteiger partial charge in [0.05, 0.1) is 4.90 Å². The van der Waals surface area contributed by atoms with Gasteiger partial charge < -0.3 is 5.32 Å². The minimum absolute atomic E-state index is 0.177. The van der Waals surface area contributed by atoms with Crippen molar-refractivity contribution in [2.45, 2.75) is 53.7 Å². The second-order valence-electron chi connectivity index (χ2n) is 7.87. The molecule has 1 unspecified atom stereocenters. The first-order chi connectivity index (χ1) is 13.5. The van der Waals surface area contributed by atoms with E-state index in [9.17, 15) is 26.0 Å². The Hall–Kier alpha value is -1.93. The van der Waals surface area contributed by atoms with Crippen LogP contribution >= 0.6 is 0 Å². The lowest BCUT2D eigenvalue weighted by atomic mass is 9.77. The quantitative estimate of drug-likeness (QED) is 0.738. The van der Waals surface area contributed by atoms with Crippen molar-refractivity contribution in [3.8, 4) is 0 Å². The van der Waals surface area contributed by atoms with E-state index in [-0.39, 0.29) is 10.9 Å². The van der Waals surface area contributed by atoms with Gasteiger partial charge >= 0.3 is 6.18 Å². The van der Waals surface area contributed by atoms with Gasteiger partial charge in [-0.15, -0.1) is 0 Å². The predicted molar refractivity (Wildman–Crippen MR) is 101 cm³/mol. The molecule has 0 spiro atoms. The van der Waals surface area contributed by atoms with Crippen LogP contribution in [0.4, 0.5) is 17.6 Å². The fourth-order valence-electron chi connectivity index (χ4n) is 4.67. The molecule has 3 nitrogen and oxygen atoms in total. The van der Waals surface area contributed by atoms with E-state index in [1.165, 1.54) is 24.3 Å². The van der Waals surface area contributed by atoms with Gasteiger partial charge in [0.2, 0.25) is 5.67 Å². The van der Waals surface area contributed by atoms with E-state index in [2.05, 4.69) is 5.32 Å². The molecule has 0 aromatic heterocycles. The van der Waals surface area contributed by atoms with E-state index >= 15 is 0 Å². The van der Waals surface area contributed by atoms with Crippen LogP contribution in [-0.4, -0.2) is 27.2 Å². The van der Waals surface area contributed by atoms with Crippen molar-refractivity contribution in [2.24, 2.45) is 0 Å². The molecule has 1 aliphatic heterocycles. The largest absolute Gasteiger partial charge is 0.426 e. The van der Waals surface area contributed by atoms with Gasteiger partial charge in [-0.25, -0.2) is 12.8 Å². The Balaban J connectivity index is 1.90. The molecule has 2 aromatic rings. The second-order valence-corrected chi connectivity index (χ2v) is 10.1. The van der Waals surface area contributed by atoms with Crippen LogP contribution < -0.4 is 5.32 Å². The van der Waals surface area contributed by atoms with Gasteiger partial charge in [0.15, 0.2) is 9.84 Å². The highest BCUT2D eigenvalue weighted by Crippen LogP contribution is 2.51. The first-order valence-electron chi connectivity index (χ1n) is 9.44. The molecule has 1 heterocycles. The maximum absolute atomic E-state index is 14.5. The third-order valence-corrected chi connectivity index (χ3v) is 8.88. The Kier molecular flexibility index (Phi) is 4.59. The number of rotatable bonds is 3. The number of nitrogens with one attached hydrogen (secondary N) is 1. The predicted octanol–water partition coefficient (Wildman–Crippen LogP) is 4.41. The van der Waals surface area contributed by atoms with E-state index in [1.54, 1.807) is 18.2 Å². The van der Waals surface area contributed by atoms with Crippen LogP contribution in [0.1, 0.15) is 36.5 Å². The van der Waals surface area contributed by atoms with Crippen molar-refractivity contribution < 1.29 is 26.0 Å². The summed E-state index contributed by atoms with van der Waals surface area (Å²) in [4.78, 5) is 0.177. The minimum Gasteiger partial charge on any atom is -0.312 e. The smallest absolute Gasteiger partial charge is 0.312 e. The third kappa shape index (κ3) is 2.83. The molecule has 2 aromatic carbocycles. The van der Waals surface area contributed by atoms with Crippen LogP contribution in [0.15, 0.2) is 53.4 Å². The summed E-state index contributed by atoms with van der Waals surface area (Å²) in [5.41, 5.74) is -3.06. The maximum Gasteiger partial charge on any atom is 0.426 e. The topological polar surface area (TPSA) is 46.2 Å². The van der Waals surface area contributed by atoms with Gasteiger partial charge in [0.25, 0.3) is 0 Å². The van der Waals surface area contributed by atoms with Crippen LogP contribution in [0.3, 0.4) is 0 Å². The number of halogens is 4. The molecule has 0 bridgehead atoms. The summed E-state index contributed by atoms with van der Waals surface area (Å²) < 4.78 is 80.1. The van der Waals surface area contributed by atoms with Crippen LogP contribution in [0.2, 0.25) is 0 Å². The molecule has 1 saturated heterocycles. The molecule has 0 amide bonds. The lowest BCUT2D eigenvalue weighted by Gasteiger charge is -2.40. The van der Waals surface area contributed by atoms with E-state index < -0.39 is 32.0 Å². The third-order valence-electron chi connectivity index (χ3n) is 6.32. The number of alkyl halides is 4. The SMILES string of the molecule is CC(F)(c1ccc2c(c1)CC[C@H]1NCC[C@@]21S(=O)(=O)c1ccccc1)C(F)(F)F. The van der Waals surface area contributed by atoms with Crippen LogP contribution in [-0.2, 0) is 26.7 Å². The van der Waals surface area contributed by atoms with E-state index in [4.69, 9.17) is 0 Å². The van der Waals surface area contributed by atoms with E-state index in [1.807, 2.05) is 0 Å². The highest BCUT2D eigenvalue weighted by atomic mass is 32.2. The highest BCUT2D eigenvalue weighted by molar-refractivity contribution is 7.92. The Labute approximate surface area is 167 Å². The van der Waals surface area contributed by atoms with Gasteiger partial charge in [-0.3, -0.25) is 0 Å². The minimum atomic E-state index is -5.05. The standard InChI is InChI=1S/C21H21F4NO2S/c1-19(22,21(23,24)25)15-8-9-17-14(13-15)7-10-18-20(17,11-12-26-18)29(27,28)16-5-3-2-4-6-16/h2-6,8-9,13,18,26H,7,10-12H2,1H3/t18-,19?,20-/m1/s1. The van der Waals surface area contributed by atoms with Gasteiger partial charge in [-0.05, 0) is 61.6 Å². The van der Waals surface area contributed by atoms with Crippen molar-refractivity contribution in [1.29, 1.82) is 0 Å². The van der Waals surface area contributed by atoms with Gasteiger partial charge in [0.1, 0.15) is 4.75 Å². The molecule has 1 aliphatic carbocycles. The van der Waals surface area contributed by atoms with Crippen LogP contribution in [0, 0.1) is 0 Å². The van der Waals surface area contributed by atoms with Crippen molar-refractivity contribution in [3.63, 3.8) is 0 Å². The number of aryl methyl sites for hydroxylation is 1. The van der Waals surface area contributed by atoms with Crippen molar-refractivity contribution in [2.75, 3.05) is 6.54 Å². The molecule has 0 saturated carbocycles. The molecular formula is C21H21F4NO2S. The highest BCUT2D eigenvalue weighted by Gasteiger charge is 2.58. The Morgan fingerprint density at radius 3 is 2.41 bits per heavy atom. The van der Waals surface area contributed by atoms with Gasteiger partial charge in [-0.1, -0.05) is 36.4 Å². The Morgan fingerprint density at radius 2 is 1.76 bits per heavy atom. The zero-order valence-corrected chi connectivity index (χ0v) is 16.6. The molecule has 29 heavy (non-hydrogen) atoms. The molecule has 156 valence electrons.